The lowest BCUT2D eigenvalue weighted by Crippen LogP contribution is -2.26. The highest BCUT2D eigenvalue weighted by Gasteiger charge is 2.16. The van der Waals surface area contributed by atoms with Crippen molar-refractivity contribution in [3.8, 4) is 22.8 Å². The summed E-state index contributed by atoms with van der Waals surface area (Å²) >= 11 is 0. The third kappa shape index (κ3) is 5.58. The van der Waals surface area contributed by atoms with Gasteiger partial charge in [0.1, 0.15) is 18.1 Å². The summed E-state index contributed by atoms with van der Waals surface area (Å²) in [4.78, 5) is 14.3. The van der Waals surface area contributed by atoms with Gasteiger partial charge in [-0.25, -0.2) is 4.98 Å². The van der Waals surface area contributed by atoms with Crippen LogP contribution in [0, 0.1) is 0 Å². The molecule has 2 aromatic carbocycles. The number of anilines is 2. The van der Waals surface area contributed by atoms with Gasteiger partial charge in [0.25, 0.3) is 0 Å². The Morgan fingerprint density at radius 1 is 1.03 bits per heavy atom. The molecular formula is C27H32N6O3. The number of ether oxygens (including phenoxy) is 2. The van der Waals surface area contributed by atoms with Gasteiger partial charge in [0.15, 0.2) is 0 Å². The molecule has 188 valence electrons. The monoisotopic (exact) mass is 488 g/mol. The zero-order valence-corrected chi connectivity index (χ0v) is 20.6. The fourth-order valence-corrected chi connectivity index (χ4v) is 4.64. The summed E-state index contributed by atoms with van der Waals surface area (Å²) in [6, 6.07) is 12.0. The lowest BCUT2D eigenvalue weighted by molar-refractivity contribution is 0.201. The van der Waals surface area contributed by atoms with E-state index >= 15 is 0 Å². The lowest BCUT2D eigenvalue weighted by Gasteiger charge is -2.27. The first-order valence-electron chi connectivity index (χ1n) is 12.4. The Morgan fingerprint density at radius 3 is 2.67 bits per heavy atom. The van der Waals surface area contributed by atoms with Crippen molar-refractivity contribution in [2.24, 2.45) is 0 Å². The molecular weight excluding hydrogens is 456 g/mol. The fourth-order valence-electron chi connectivity index (χ4n) is 4.64. The first kappa shape index (κ1) is 24.0. The van der Waals surface area contributed by atoms with E-state index in [-0.39, 0.29) is 13.2 Å². The molecule has 0 atom stereocenters. The highest BCUT2D eigenvalue weighted by molar-refractivity contribution is 5.82. The van der Waals surface area contributed by atoms with Gasteiger partial charge in [0, 0.05) is 47.9 Å². The number of benzene rings is 2. The van der Waals surface area contributed by atoms with E-state index in [4.69, 9.17) is 14.5 Å². The van der Waals surface area contributed by atoms with E-state index in [1.807, 2.05) is 30.5 Å². The van der Waals surface area contributed by atoms with Gasteiger partial charge in [0.2, 0.25) is 0 Å². The van der Waals surface area contributed by atoms with Crippen molar-refractivity contribution in [1.29, 1.82) is 0 Å². The Hall–Kier alpha value is -3.69. The highest BCUT2D eigenvalue weighted by atomic mass is 16.5. The number of H-pyrrole nitrogens is 1. The number of likely N-dealkylation sites (tertiary alicyclic amines) is 1. The van der Waals surface area contributed by atoms with Crippen molar-refractivity contribution in [3.63, 3.8) is 0 Å². The van der Waals surface area contributed by atoms with Crippen LogP contribution in [0.2, 0.25) is 0 Å². The van der Waals surface area contributed by atoms with Crippen molar-refractivity contribution in [1.82, 2.24) is 25.1 Å². The van der Waals surface area contributed by atoms with Crippen LogP contribution in [0.25, 0.3) is 22.3 Å². The predicted octanol–water partition coefficient (Wildman–Crippen LogP) is 4.02. The molecule has 1 saturated heterocycles. The van der Waals surface area contributed by atoms with Crippen LogP contribution in [-0.4, -0.2) is 76.7 Å². The molecule has 4 aromatic rings. The molecule has 0 radical (unpaired) electrons. The van der Waals surface area contributed by atoms with Crippen LogP contribution in [-0.2, 0) is 0 Å². The number of aliphatic hydroxyl groups is 1. The molecule has 0 spiro atoms. The van der Waals surface area contributed by atoms with E-state index in [2.05, 4.69) is 37.1 Å². The Kier molecular flexibility index (Phi) is 7.58. The second-order valence-corrected chi connectivity index (χ2v) is 8.91. The maximum atomic E-state index is 9.23. The van der Waals surface area contributed by atoms with E-state index in [0.29, 0.717) is 11.5 Å². The number of aromatic amines is 1. The fraction of sp³-hybridized carbons (Fsp3) is 0.370. The van der Waals surface area contributed by atoms with Gasteiger partial charge >= 0.3 is 0 Å². The number of nitrogens with one attached hydrogen (secondary N) is 1. The van der Waals surface area contributed by atoms with Crippen LogP contribution in [0.5, 0.6) is 11.5 Å². The maximum absolute atomic E-state index is 9.23. The molecule has 36 heavy (non-hydrogen) atoms. The Labute approximate surface area is 210 Å². The topological polar surface area (TPSA) is 99.6 Å². The third-order valence-corrected chi connectivity index (χ3v) is 6.46. The Balaban J connectivity index is 1.49. The SMILES string of the molecule is COc1cc(OCCO)cc(N(CCCN2CCCC2)c2ccc3ncc(-c4cn[nH]c4)nc3c2)c1. The predicted molar refractivity (Wildman–Crippen MR) is 140 cm³/mol. The smallest absolute Gasteiger partial charge is 0.125 e. The first-order valence-corrected chi connectivity index (χ1v) is 12.4. The second-order valence-electron chi connectivity index (χ2n) is 8.91. The minimum atomic E-state index is -0.0472. The van der Waals surface area contributed by atoms with Crippen molar-refractivity contribution < 1.29 is 14.6 Å². The van der Waals surface area contributed by atoms with E-state index in [1.54, 1.807) is 19.5 Å². The van der Waals surface area contributed by atoms with Crippen molar-refractivity contribution >= 4 is 22.4 Å². The van der Waals surface area contributed by atoms with Gasteiger partial charge < -0.3 is 24.4 Å². The molecule has 0 bridgehead atoms. The average molecular weight is 489 g/mol. The van der Waals surface area contributed by atoms with Crippen LogP contribution < -0.4 is 14.4 Å². The lowest BCUT2D eigenvalue weighted by atomic mass is 10.1. The summed E-state index contributed by atoms with van der Waals surface area (Å²) in [6.45, 7) is 4.43. The number of fused-ring (bicyclic) bond motifs is 1. The first-order chi connectivity index (χ1) is 17.7. The number of hydrogen-bond acceptors (Lipinski definition) is 8. The van der Waals surface area contributed by atoms with Gasteiger partial charge in [-0.05, 0) is 57.1 Å². The van der Waals surface area contributed by atoms with Gasteiger partial charge in [-0.1, -0.05) is 0 Å². The molecule has 9 nitrogen and oxygen atoms in total. The Morgan fingerprint density at radius 2 is 1.89 bits per heavy atom. The van der Waals surface area contributed by atoms with E-state index in [9.17, 15) is 5.11 Å². The minimum absolute atomic E-state index is 0.0472. The van der Waals surface area contributed by atoms with Crippen LogP contribution in [0.4, 0.5) is 11.4 Å². The third-order valence-electron chi connectivity index (χ3n) is 6.46. The number of nitrogens with zero attached hydrogens (tertiary/aromatic N) is 5. The molecule has 1 aliphatic heterocycles. The number of rotatable bonds is 11. The minimum Gasteiger partial charge on any atom is -0.497 e. The molecule has 0 saturated carbocycles. The summed E-state index contributed by atoms with van der Waals surface area (Å²) in [7, 11) is 1.65. The summed E-state index contributed by atoms with van der Waals surface area (Å²) in [5, 5.41) is 16.1. The number of aromatic nitrogens is 4. The molecule has 0 aliphatic carbocycles. The number of aliphatic hydroxyl groups excluding tert-OH is 1. The number of methoxy groups -OCH3 is 1. The van der Waals surface area contributed by atoms with Gasteiger partial charge in [0.05, 0.1) is 42.8 Å². The Bertz CT molecular complexity index is 1270. The molecule has 1 fully saturated rings. The molecule has 2 aromatic heterocycles. The van der Waals surface area contributed by atoms with E-state index < -0.39 is 0 Å². The van der Waals surface area contributed by atoms with Gasteiger partial charge in [-0.3, -0.25) is 10.1 Å². The highest BCUT2D eigenvalue weighted by Crippen LogP contribution is 2.34. The molecule has 3 heterocycles. The van der Waals surface area contributed by atoms with Gasteiger partial charge in [-0.2, -0.15) is 5.10 Å². The molecule has 5 rings (SSSR count). The summed E-state index contributed by atoms with van der Waals surface area (Å²) in [6.07, 6.45) is 8.92. The van der Waals surface area contributed by atoms with Crippen LogP contribution in [0.15, 0.2) is 55.0 Å². The van der Waals surface area contributed by atoms with E-state index in [0.717, 1.165) is 53.2 Å². The largest absolute Gasteiger partial charge is 0.497 e. The molecule has 9 heteroatoms. The standard InChI is InChI=1S/C27H32N6O3/c1-35-23-13-22(14-24(16-23)36-12-11-34)33(10-4-9-32-7-2-3-8-32)21-5-6-25-26(15-21)31-27(19-28-25)20-17-29-30-18-20/h5-6,13-19,34H,2-4,7-12H2,1H3,(H,29,30). The summed E-state index contributed by atoms with van der Waals surface area (Å²) in [5.74, 6) is 1.36. The molecule has 0 amide bonds. The van der Waals surface area contributed by atoms with Crippen LogP contribution in [0.3, 0.4) is 0 Å². The van der Waals surface area contributed by atoms with Crippen molar-refractivity contribution in [2.45, 2.75) is 19.3 Å². The summed E-state index contributed by atoms with van der Waals surface area (Å²) < 4.78 is 11.3. The molecule has 2 N–H and O–H groups in total. The number of hydrogen-bond donors (Lipinski definition) is 2. The quantitative estimate of drug-likeness (QED) is 0.327. The maximum Gasteiger partial charge on any atom is 0.125 e. The second kappa shape index (κ2) is 11.4. The molecule has 1 aliphatic rings. The zero-order valence-electron chi connectivity index (χ0n) is 20.6. The summed E-state index contributed by atoms with van der Waals surface area (Å²) in [5.41, 5.74) is 5.30. The van der Waals surface area contributed by atoms with Crippen molar-refractivity contribution in [3.05, 3.63) is 55.0 Å². The van der Waals surface area contributed by atoms with Gasteiger partial charge in [-0.15, -0.1) is 0 Å². The van der Waals surface area contributed by atoms with E-state index in [1.165, 1.54) is 25.9 Å². The van der Waals surface area contributed by atoms with Crippen LogP contribution >= 0.6 is 0 Å². The molecule has 0 unspecified atom stereocenters. The van der Waals surface area contributed by atoms with Crippen molar-refractivity contribution in [2.75, 3.05) is 51.4 Å². The normalized spacial score (nSPS) is 13.8. The van der Waals surface area contributed by atoms with Crippen LogP contribution in [0.1, 0.15) is 19.3 Å². The average Bonchev–Trinajstić information content (AvgIpc) is 3.64. The zero-order chi connectivity index (χ0) is 24.7.